The highest BCUT2D eigenvalue weighted by atomic mass is 32.1. The average molecular weight is 499 g/mol. The van der Waals surface area contributed by atoms with Gasteiger partial charge in [-0.15, -0.1) is 11.3 Å². The van der Waals surface area contributed by atoms with Crippen molar-refractivity contribution in [1.82, 2.24) is 9.80 Å². The molecule has 0 saturated carbocycles. The minimum absolute atomic E-state index is 0.143. The number of aryl methyl sites for hydroxylation is 1. The Morgan fingerprint density at radius 1 is 1.20 bits per heavy atom. The molecule has 1 atom stereocenters. The number of morpholine rings is 1. The van der Waals surface area contributed by atoms with Crippen LogP contribution < -0.4 is 4.74 Å². The van der Waals surface area contributed by atoms with E-state index in [1.807, 2.05) is 36.6 Å². The van der Waals surface area contributed by atoms with E-state index in [4.69, 9.17) is 9.47 Å². The topological polar surface area (TPSA) is 79.3 Å². The number of carbonyl (C=O) groups is 2. The number of thiophene rings is 1. The molecule has 0 spiro atoms. The molecule has 2 saturated heterocycles. The van der Waals surface area contributed by atoms with E-state index < -0.39 is 17.7 Å². The number of rotatable bonds is 9. The second kappa shape index (κ2) is 11.4. The van der Waals surface area contributed by atoms with Gasteiger partial charge in [0.2, 0.25) is 0 Å². The van der Waals surface area contributed by atoms with Crippen molar-refractivity contribution in [3.05, 3.63) is 57.3 Å². The summed E-state index contributed by atoms with van der Waals surface area (Å²) in [6.07, 6.45) is 0.746. The fraction of sp³-hybridized carbons (Fsp3) is 0.481. The highest BCUT2D eigenvalue weighted by molar-refractivity contribution is 7.10. The number of ether oxygens (including phenoxy) is 2. The number of nitrogens with zero attached hydrogens (tertiary/aromatic N) is 2. The fourth-order valence-electron chi connectivity index (χ4n) is 4.51. The highest BCUT2D eigenvalue weighted by Crippen LogP contribution is 2.41. The molecule has 188 valence electrons. The standard InChI is InChI=1S/C27H34N2O5S/c1-18(2)17-34-21-8-7-20(16-19(21)3)25(30)23-24(22-6-4-15-35-22)29(27(32)26(23)31)10-5-9-28-11-13-33-14-12-28/h4,6-8,15-16,18,24,30H,5,9-14,17H2,1-3H3/t24-/m1/s1. The zero-order valence-corrected chi connectivity index (χ0v) is 21.5. The molecule has 2 aliphatic rings. The molecule has 3 heterocycles. The monoisotopic (exact) mass is 498 g/mol. The van der Waals surface area contributed by atoms with E-state index in [1.54, 1.807) is 11.0 Å². The average Bonchev–Trinajstić information content (AvgIpc) is 3.46. The van der Waals surface area contributed by atoms with Crippen molar-refractivity contribution in [2.75, 3.05) is 46.0 Å². The van der Waals surface area contributed by atoms with E-state index in [-0.39, 0.29) is 11.3 Å². The van der Waals surface area contributed by atoms with Crippen molar-refractivity contribution in [3.8, 4) is 5.75 Å². The zero-order chi connectivity index (χ0) is 24.9. The molecule has 0 unspecified atom stereocenters. The van der Waals surface area contributed by atoms with Gasteiger partial charge in [-0.05, 0) is 54.5 Å². The van der Waals surface area contributed by atoms with Crippen molar-refractivity contribution >= 4 is 28.8 Å². The normalized spacial score (nSPS) is 20.7. The van der Waals surface area contributed by atoms with Crippen LogP contribution in [-0.4, -0.2) is 72.6 Å². The summed E-state index contributed by atoms with van der Waals surface area (Å²) in [6, 6.07) is 8.59. The SMILES string of the molecule is Cc1cc(C(O)=C2C(=O)C(=O)N(CCCN3CCOCC3)[C@@H]2c2cccs2)ccc1OCC(C)C. The van der Waals surface area contributed by atoms with Gasteiger partial charge < -0.3 is 19.5 Å². The van der Waals surface area contributed by atoms with Gasteiger partial charge in [0.05, 0.1) is 31.4 Å². The van der Waals surface area contributed by atoms with Crippen molar-refractivity contribution in [2.45, 2.75) is 33.2 Å². The van der Waals surface area contributed by atoms with Gasteiger partial charge in [-0.2, -0.15) is 0 Å². The molecule has 2 aromatic rings. The van der Waals surface area contributed by atoms with Crippen molar-refractivity contribution in [1.29, 1.82) is 0 Å². The number of hydrogen-bond donors (Lipinski definition) is 1. The van der Waals surface area contributed by atoms with Gasteiger partial charge >= 0.3 is 0 Å². The van der Waals surface area contributed by atoms with E-state index in [0.29, 0.717) is 24.6 Å². The Balaban J connectivity index is 1.60. The van der Waals surface area contributed by atoms with Crippen LogP contribution in [0, 0.1) is 12.8 Å². The molecule has 8 heteroatoms. The smallest absolute Gasteiger partial charge is 0.295 e. The Labute approximate surface area is 210 Å². The van der Waals surface area contributed by atoms with Gasteiger partial charge in [-0.1, -0.05) is 19.9 Å². The Bertz CT molecular complexity index is 1070. The molecular formula is C27H34N2O5S. The number of ketones is 1. The first-order valence-electron chi connectivity index (χ1n) is 12.2. The lowest BCUT2D eigenvalue weighted by Gasteiger charge is -2.28. The molecular weight excluding hydrogens is 464 g/mol. The number of Topliss-reactive ketones (excluding diaryl/α,β-unsaturated/α-hetero) is 1. The first-order valence-corrected chi connectivity index (χ1v) is 13.1. The van der Waals surface area contributed by atoms with Crippen molar-refractivity contribution in [3.63, 3.8) is 0 Å². The van der Waals surface area contributed by atoms with E-state index in [9.17, 15) is 14.7 Å². The van der Waals surface area contributed by atoms with E-state index in [2.05, 4.69) is 18.7 Å². The number of benzene rings is 1. The number of aliphatic hydroxyl groups excluding tert-OH is 1. The highest BCUT2D eigenvalue weighted by Gasteiger charge is 2.46. The second-order valence-electron chi connectivity index (χ2n) is 9.50. The minimum Gasteiger partial charge on any atom is -0.507 e. The van der Waals surface area contributed by atoms with Gasteiger partial charge in [-0.3, -0.25) is 14.5 Å². The van der Waals surface area contributed by atoms with Crippen LogP contribution in [0.5, 0.6) is 5.75 Å². The maximum Gasteiger partial charge on any atom is 0.295 e. The molecule has 1 amide bonds. The number of carbonyl (C=O) groups excluding carboxylic acids is 2. The number of likely N-dealkylation sites (tertiary alicyclic amines) is 1. The summed E-state index contributed by atoms with van der Waals surface area (Å²) >= 11 is 1.48. The third-order valence-electron chi connectivity index (χ3n) is 6.35. The first kappa shape index (κ1) is 25.4. The fourth-order valence-corrected chi connectivity index (χ4v) is 5.36. The van der Waals surface area contributed by atoms with Crippen LogP contribution in [0.4, 0.5) is 0 Å². The zero-order valence-electron chi connectivity index (χ0n) is 20.7. The summed E-state index contributed by atoms with van der Waals surface area (Å²) < 4.78 is 11.3. The summed E-state index contributed by atoms with van der Waals surface area (Å²) in [5.41, 5.74) is 1.52. The van der Waals surface area contributed by atoms with Crippen molar-refractivity contribution in [2.24, 2.45) is 5.92 Å². The molecule has 7 nitrogen and oxygen atoms in total. The lowest BCUT2D eigenvalue weighted by molar-refractivity contribution is -0.140. The van der Waals surface area contributed by atoms with E-state index >= 15 is 0 Å². The maximum atomic E-state index is 13.2. The van der Waals surface area contributed by atoms with Gasteiger partial charge in [0.1, 0.15) is 11.5 Å². The lowest BCUT2D eigenvalue weighted by Crippen LogP contribution is -2.38. The minimum atomic E-state index is -0.634. The van der Waals surface area contributed by atoms with E-state index in [0.717, 1.165) is 55.5 Å². The van der Waals surface area contributed by atoms with Crippen LogP contribution in [0.15, 0.2) is 41.3 Å². The predicted octanol–water partition coefficient (Wildman–Crippen LogP) is 4.24. The molecule has 1 aromatic heterocycles. The summed E-state index contributed by atoms with van der Waals surface area (Å²) in [4.78, 5) is 31.1. The van der Waals surface area contributed by atoms with Crippen LogP contribution in [0.2, 0.25) is 0 Å². The third kappa shape index (κ3) is 5.77. The Hall–Kier alpha value is -2.68. The Morgan fingerprint density at radius 3 is 2.63 bits per heavy atom. The molecule has 2 fully saturated rings. The summed E-state index contributed by atoms with van der Waals surface area (Å²) in [7, 11) is 0. The second-order valence-corrected chi connectivity index (χ2v) is 10.5. The van der Waals surface area contributed by atoms with Crippen LogP contribution in [0.25, 0.3) is 5.76 Å². The quantitative estimate of drug-likeness (QED) is 0.317. The van der Waals surface area contributed by atoms with Crippen LogP contribution >= 0.6 is 11.3 Å². The third-order valence-corrected chi connectivity index (χ3v) is 7.27. The molecule has 1 aromatic carbocycles. The van der Waals surface area contributed by atoms with Crippen molar-refractivity contribution < 1.29 is 24.2 Å². The van der Waals surface area contributed by atoms with Crippen LogP contribution in [0.3, 0.4) is 0 Å². The first-order chi connectivity index (χ1) is 16.9. The summed E-state index contributed by atoms with van der Waals surface area (Å²) in [5.74, 6) is -0.192. The number of aliphatic hydroxyl groups is 1. The van der Waals surface area contributed by atoms with Gasteiger partial charge in [-0.25, -0.2) is 0 Å². The maximum absolute atomic E-state index is 13.2. The van der Waals surface area contributed by atoms with E-state index in [1.165, 1.54) is 11.3 Å². The number of amides is 1. The van der Waals surface area contributed by atoms with Gasteiger partial charge in [0.25, 0.3) is 11.7 Å². The van der Waals surface area contributed by atoms with Gasteiger partial charge in [0, 0.05) is 36.6 Å². The van der Waals surface area contributed by atoms with Crippen LogP contribution in [-0.2, 0) is 14.3 Å². The molecule has 0 aliphatic carbocycles. The molecule has 4 rings (SSSR count). The molecule has 35 heavy (non-hydrogen) atoms. The summed E-state index contributed by atoms with van der Waals surface area (Å²) in [5, 5.41) is 13.2. The molecule has 2 aliphatic heterocycles. The lowest BCUT2D eigenvalue weighted by atomic mass is 9.98. The summed E-state index contributed by atoms with van der Waals surface area (Å²) in [6.45, 7) is 11.2. The molecule has 0 radical (unpaired) electrons. The Kier molecular flexibility index (Phi) is 8.26. The van der Waals surface area contributed by atoms with Crippen LogP contribution in [0.1, 0.15) is 42.3 Å². The predicted molar refractivity (Wildman–Crippen MR) is 137 cm³/mol. The Morgan fingerprint density at radius 2 is 1.97 bits per heavy atom. The van der Waals surface area contributed by atoms with Gasteiger partial charge in [0.15, 0.2) is 0 Å². The largest absolute Gasteiger partial charge is 0.507 e. The molecule has 0 bridgehead atoms. The number of hydrogen-bond acceptors (Lipinski definition) is 7. The molecule has 1 N–H and O–H groups in total.